The quantitative estimate of drug-likeness (QED) is 0.425. The van der Waals surface area contributed by atoms with Crippen LogP contribution in [0.25, 0.3) is 6.08 Å². The molecule has 0 amide bonds. The van der Waals surface area contributed by atoms with E-state index in [1.807, 2.05) is 6.92 Å². The van der Waals surface area contributed by atoms with Crippen LogP contribution in [0.15, 0.2) is 30.4 Å². The minimum atomic E-state index is -1.06. The molecule has 4 nitrogen and oxygen atoms in total. The van der Waals surface area contributed by atoms with Crippen molar-refractivity contribution < 1.29 is 20.1 Å². The van der Waals surface area contributed by atoms with Crippen LogP contribution >= 0.6 is 0 Å². The van der Waals surface area contributed by atoms with Gasteiger partial charge in [-0.1, -0.05) is 11.6 Å². The van der Waals surface area contributed by atoms with E-state index in [4.69, 9.17) is 5.11 Å². The minimum absolute atomic E-state index is 0.205. The van der Waals surface area contributed by atoms with Gasteiger partial charge in [0, 0.05) is 11.6 Å². The first-order chi connectivity index (χ1) is 8.41. The lowest BCUT2D eigenvalue weighted by molar-refractivity contribution is -0.131. The van der Waals surface area contributed by atoms with Crippen LogP contribution in [0.4, 0.5) is 0 Å². The second-order valence-electron chi connectivity index (χ2n) is 4.13. The Labute approximate surface area is 106 Å². The summed E-state index contributed by atoms with van der Waals surface area (Å²) in [5.41, 5.74) is 2.05. The van der Waals surface area contributed by atoms with Gasteiger partial charge in [0.2, 0.25) is 0 Å². The third kappa shape index (κ3) is 3.66. The van der Waals surface area contributed by atoms with Gasteiger partial charge in [-0.25, -0.2) is 4.79 Å². The molecule has 1 aromatic carbocycles. The summed E-state index contributed by atoms with van der Waals surface area (Å²) in [4.78, 5) is 10.5. The molecule has 4 heteroatoms. The fraction of sp³-hybridized carbons (Fsp3) is 0.214. The first-order valence-corrected chi connectivity index (χ1v) is 5.51. The fourth-order valence-electron chi connectivity index (χ4n) is 1.56. The zero-order chi connectivity index (χ0) is 13.7. The van der Waals surface area contributed by atoms with Crippen molar-refractivity contribution in [1.82, 2.24) is 0 Å². The van der Waals surface area contributed by atoms with Gasteiger partial charge in [0.15, 0.2) is 11.5 Å². The molecule has 0 aliphatic carbocycles. The van der Waals surface area contributed by atoms with Crippen LogP contribution in [0.3, 0.4) is 0 Å². The van der Waals surface area contributed by atoms with Crippen molar-refractivity contribution in [2.75, 3.05) is 0 Å². The monoisotopic (exact) mass is 248 g/mol. The van der Waals surface area contributed by atoms with E-state index in [2.05, 4.69) is 6.58 Å². The van der Waals surface area contributed by atoms with Crippen LogP contribution in [-0.4, -0.2) is 21.3 Å². The molecule has 0 heterocycles. The number of hydrogen-bond acceptors (Lipinski definition) is 3. The van der Waals surface area contributed by atoms with Crippen molar-refractivity contribution >= 4 is 12.0 Å². The van der Waals surface area contributed by atoms with Gasteiger partial charge in [0.1, 0.15) is 0 Å². The van der Waals surface area contributed by atoms with E-state index >= 15 is 0 Å². The van der Waals surface area contributed by atoms with E-state index in [1.54, 1.807) is 6.07 Å². The van der Waals surface area contributed by atoms with Gasteiger partial charge in [0.25, 0.3) is 0 Å². The molecular weight excluding hydrogens is 232 g/mol. The molecule has 0 aliphatic heterocycles. The summed E-state index contributed by atoms with van der Waals surface area (Å²) in [5, 5.41) is 27.8. The third-order valence-electron chi connectivity index (χ3n) is 2.50. The number of aromatic hydroxyl groups is 2. The zero-order valence-corrected chi connectivity index (χ0v) is 10.2. The smallest absolute Gasteiger partial charge is 0.328 e. The van der Waals surface area contributed by atoms with Gasteiger partial charge >= 0.3 is 5.97 Å². The average molecular weight is 248 g/mol. The highest BCUT2D eigenvalue weighted by molar-refractivity contribution is 5.85. The second kappa shape index (κ2) is 5.91. The summed E-state index contributed by atoms with van der Waals surface area (Å²) in [6.45, 7) is 5.64. The molecule has 0 aromatic heterocycles. The molecule has 0 unspecified atom stereocenters. The Morgan fingerprint density at radius 2 is 2.06 bits per heavy atom. The maximum atomic E-state index is 10.5. The number of phenolic OH excluding ortho intramolecular Hbond substituents is 2. The van der Waals surface area contributed by atoms with E-state index in [0.29, 0.717) is 24.0 Å². The molecule has 96 valence electrons. The lowest BCUT2D eigenvalue weighted by Gasteiger charge is -2.10. The van der Waals surface area contributed by atoms with E-state index in [-0.39, 0.29) is 11.5 Å². The van der Waals surface area contributed by atoms with Crippen LogP contribution < -0.4 is 0 Å². The van der Waals surface area contributed by atoms with Crippen LogP contribution in [0.1, 0.15) is 24.5 Å². The minimum Gasteiger partial charge on any atom is -0.504 e. The van der Waals surface area contributed by atoms with Gasteiger partial charge < -0.3 is 15.3 Å². The molecule has 0 radical (unpaired) electrons. The fourth-order valence-corrected chi connectivity index (χ4v) is 1.56. The Kier molecular flexibility index (Phi) is 4.54. The molecule has 3 N–H and O–H groups in total. The van der Waals surface area contributed by atoms with Crippen LogP contribution in [0.2, 0.25) is 0 Å². The van der Waals surface area contributed by atoms with E-state index in [9.17, 15) is 15.0 Å². The molecule has 0 aliphatic rings. The molecule has 1 aromatic rings. The number of carbonyl (C=O) groups is 1. The highest BCUT2D eigenvalue weighted by atomic mass is 16.4. The molecule has 1 rings (SSSR count). The molecule has 0 spiro atoms. The Morgan fingerprint density at radius 1 is 1.39 bits per heavy atom. The van der Waals surface area contributed by atoms with Gasteiger partial charge in [-0.05, 0) is 37.5 Å². The van der Waals surface area contributed by atoms with E-state index in [1.165, 1.54) is 12.1 Å². The maximum Gasteiger partial charge on any atom is 0.328 e. The predicted octanol–water partition coefficient (Wildman–Crippen LogP) is 2.70. The van der Waals surface area contributed by atoms with Gasteiger partial charge in [-0.2, -0.15) is 0 Å². The molecule has 0 saturated heterocycles. The molecular formula is C14H16O4. The van der Waals surface area contributed by atoms with Crippen molar-refractivity contribution in [2.24, 2.45) is 0 Å². The standard InChI is InChI=1S/C14H16O4/c1-9(2)3-6-11-10(5-8-13(16)17)4-7-12(15)14(11)18/h4-5,7-8,15,18H,1,3,6H2,2H3,(H,16,17). The highest BCUT2D eigenvalue weighted by Crippen LogP contribution is 2.33. The predicted molar refractivity (Wildman–Crippen MR) is 69.6 cm³/mol. The number of aliphatic carboxylic acids is 1. The summed E-state index contributed by atoms with van der Waals surface area (Å²) in [5.74, 6) is -1.48. The zero-order valence-electron chi connectivity index (χ0n) is 10.2. The van der Waals surface area contributed by atoms with Crippen molar-refractivity contribution in [3.63, 3.8) is 0 Å². The van der Waals surface area contributed by atoms with Gasteiger partial charge in [-0.15, -0.1) is 6.58 Å². The van der Waals surface area contributed by atoms with Crippen LogP contribution in [0, 0.1) is 0 Å². The number of phenols is 2. The van der Waals surface area contributed by atoms with Crippen molar-refractivity contribution in [2.45, 2.75) is 19.8 Å². The summed E-state index contributed by atoms with van der Waals surface area (Å²) in [6, 6.07) is 2.91. The van der Waals surface area contributed by atoms with Crippen molar-refractivity contribution in [1.29, 1.82) is 0 Å². The topological polar surface area (TPSA) is 77.8 Å². The number of hydrogen-bond donors (Lipinski definition) is 3. The lowest BCUT2D eigenvalue weighted by Crippen LogP contribution is -1.93. The lowest BCUT2D eigenvalue weighted by atomic mass is 9.99. The SMILES string of the molecule is C=C(C)CCc1c(C=CC(=O)O)ccc(O)c1O. The van der Waals surface area contributed by atoms with Crippen molar-refractivity contribution in [3.05, 3.63) is 41.5 Å². The first-order valence-electron chi connectivity index (χ1n) is 5.51. The maximum absolute atomic E-state index is 10.5. The Balaban J connectivity index is 3.12. The number of allylic oxidation sites excluding steroid dienone is 1. The summed E-state index contributed by atoms with van der Waals surface area (Å²) < 4.78 is 0. The molecule has 0 bridgehead atoms. The highest BCUT2D eigenvalue weighted by Gasteiger charge is 2.10. The van der Waals surface area contributed by atoms with Gasteiger partial charge in [-0.3, -0.25) is 0 Å². The number of carboxylic acid groups (broad SMARTS) is 1. The molecule has 0 fully saturated rings. The number of benzene rings is 1. The summed E-state index contributed by atoms with van der Waals surface area (Å²) in [7, 11) is 0. The Bertz CT molecular complexity index is 501. The molecule has 18 heavy (non-hydrogen) atoms. The summed E-state index contributed by atoms with van der Waals surface area (Å²) in [6.07, 6.45) is 3.55. The van der Waals surface area contributed by atoms with Crippen LogP contribution in [-0.2, 0) is 11.2 Å². The average Bonchev–Trinajstić information content (AvgIpc) is 2.29. The third-order valence-corrected chi connectivity index (χ3v) is 2.50. The first kappa shape index (κ1) is 13.8. The Morgan fingerprint density at radius 3 is 2.61 bits per heavy atom. The summed E-state index contributed by atoms with van der Waals surface area (Å²) >= 11 is 0. The normalized spacial score (nSPS) is 10.7. The largest absolute Gasteiger partial charge is 0.504 e. The Hall–Kier alpha value is -2.23. The second-order valence-corrected chi connectivity index (χ2v) is 4.13. The van der Waals surface area contributed by atoms with Gasteiger partial charge in [0.05, 0.1) is 0 Å². The molecule has 0 saturated carbocycles. The molecule has 0 atom stereocenters. The van der Waals surface area contributed by atoms with E-state index < -0.39 is 5.97 Å². The van der Waals surface area contributed by atoms with E-state index in [0.717, 1.165) is 11.6 Å². The van der Waals surface area contributed by atoms with Crippen LogP contribution in [0.5, 0.6) is 11.5 Å². The number of carboxylic acids is 1. The van der Waals surface area contributed by atoms with Crippen molar-refractivity contribution in [3.8, 4) is 11.5 Å². The number of rotatable bonds is 5.